The number of aryl methyl sites for hydroxylation is 1. The topological polar surface area (TPSA) is 67.9 Å². The van der Waals surface area contributed by atoms with Crippen molar-refractivity contribution in [2.45, 2.75) is 40.5 Å². The maximum absolute atomic E-state index is 12.2. The lowest BCUT2D eigenvalue weighted by molar-refractivity contribution is -0.123. The summed E-state index contributed by atoms with van der Waals surface area (Å²) in [5.74, 6) is -0.0726. The second-order valence-corrected chi connectivity index (χ2v) is 6.49. The van der Waals surface area contributed by atoms with E-state index in [0.29, 0.717) is 17.9 Å². The Bertz CT molecular complexity index is 610. The van der Waals surface area contributed by atoms with Crippen molar-refractivity contribution in [3.63, 3.8) is 0 Å². The summed E-state index contributed by atoms with van der Waals surface area (Å²) in [5, 5.41) is 2.86. The average Bonchev–Trinajstić information content (AvgIpc) is 2.62. The minimum atomic E-state index is -0.457. The molecule has 0 aliphatic carbocycles. The molecule has 26 heavy (non-hydrogen) atoms. The lowest BCUT2D eigenvalue weighted by Crippen LogP contribution is -2.37. The van der Waals surface area contributed by atoms with Gasteiger partial charge in [-0.1, -0.05) is 39.8 Å². The highest BCUT2D eigenvalue weighted by molar-refractivity contribution is 5.95. The van der Waals surface area contributed by atoms with Gasteiger partial charge in [-0.15, -0.1) is 0 Å². The van der Waals surface area contributed by atoms with Crippen LogP contribution in [0.1, 0.15) is 55.1 Å². The van der Waals surface area contributed by atoms with Crippen molar-refractivity contribution in [3.05, 3.63) is 28.8 Å². The van der Waals surface area contributed by atoms with Gasteiger partial charge in [-0.05, 0) is 37.1 Å². The summed E-state index contributed by atoms with van der Waals surface area (Å²) >= 11 is 0. The standard InChI is InChI=1S/C20H32N2O4/c1-7-22(8-2)12-11-21-17(23)13-26-19-16(14(3)4)10-9-15(5)18(19)20(24)25-6/h9-10,14H,7-8,11-13H2,1-6H3,(H,21,23). The van der Waals surface area contributed by atoms with Crippen LogP contribution in [0.3, 0.4) is 0 Å². The SMILES string of the molecule is CCN(CC)CCNC(=O)COc1c(C(C)C)ccc(C)c1C(=O)OC. The predicted molar refractivity (Wildman–Crippen MR) is 103 cm³/mol. The third kappa shape index (κ3) is 6.02. The van der Waals surface area contributed by atoms with E-state index in [2.05, 4.69) is 24.1 Å². The van der Waals surface area contributed by atoms with Crippen molar-refractivity contribution in [1.82, 2.24) is 10.2 Å². The summed E-state index contributed by atoms with van der Waals surface area (Å²) in [6.07, 6.45) is 0. The van der Waals surface area contributed by atoms with Gasteiger partial charge in [-0.2, -0.15) is 0 Å². The maximum atomic E-state index is 12.2. The van der Waals surface area contributed by atoms with E-state index in [-0.39, 0.29) is 18.4 Å². The number of hydrogen-bond donors (Lipinski definition) is 1. The van der Waals surface area contributed by atoms with Crippen molar-refractivity contribution in [2.75, 3.05) is 39.9 Å². The van der Waals surface area contributed by atoms with Crippen LogP contribution in [0.15, 0.2) is 12.1 Å². The Labute approximate surface area is 156 Å². The molecule has 0 aliphatic rings. The Balaban J connectivity index is 2.83. The van der Waals surface area contributed by atoms with Gasteiger partial charge >= 0.3 is 5.97 Å². The van der Waals surface area contributed by atoms with Crippen LogP contribution in [0.2, 0.25) is 0 Å². The van der Waals surface area contributed by atoms with Crippen molar-refractivity contribution in [1.29, 1.82) is 0 Å². The molecule has 0 spiro atoms. The minimum absolute atomic E-state index is 0.134. The monoisotopic (exact) mass is 364 g/mol. The minimum Gasteiger partial charge on any atom is -0.483 e. The van der Waals surface area contributed by atoms with Gasteiger partial charge in [0.1, 0.15) is 11.3 Å². The smallest absolute Gasteiger partial charge is 0.341 e. The van der Waals surface area contributed by atoms with E-state index in [1.54, 1.807) is 0 Å². The molecular weight excluding hydrogens is 332 g/mol. The number of carbonyl (C=O) groups is 2. The molecule has 0 heterocycles. The van der Waals surface area contributed by atoms with Crippen molar-refractivity contribution in [2.24, 2.45) is 0 Å². The van der Waals surface area contributed by atoms with Gasteiger partial charge in [-0.3, -0.25) is 4.79 Å². The Hall–Kier alpha value is -2.08. The third-order valence-electron chi connectivity index (χ3n) is 4.40. The fourth-order valence-corrected chi connectivity index (χ4v) is 2.75. The number of methoxy groups -OCH3 is 1. The third-order valence-corrected chi connectivity index (χ3v) is 4.40. The van der Waals surface area contributed by atoms with E-state index in [9.17, 15) is 9.59 Å². The number of nitrogens with zero attached hydrogens (tertiary/aromatic N) is 1. The van der Waals surface area contributed by atoms with Crippen LogP contribution in [-0.2, 0) is 9.53 Å². The number of likely N-dealkylation sites (N-methyl/N-ethyl adjacent to an activating group) is 1. The molecule has 146 valence electrons. The highest BCUT2D eigenvalue weighted by atomic mass is 16.5. The molecule has 1 rings (SSSR count). The van der Waals surface area contributed by atoms with Gasteiger partial charge in [-0.25, -0.2) is 4.79 Å². The van der Waals surface area contributed by atoms with Crippen molar-refractivity contribution in [3.8, 4) is 5.75 Å². The molecule has 0 aliphatic heterocycles. The lowest BCUT2D eigenvalue weighted by Gasteiger charge is -2.20. The number of rotatable bonds is 10. The van der Waals surface area contributed by atoms with Crippen molar-refractivity contribution >= 4 is 11.9 Å². The summed E-state index contributed by atoms with van der Waals surface area (Å²) in [6, 6.07) is 3.80. The number of esters is 1. The van der Waals surface area contributed by atoms with Crippen LogP contribution < -0.4 is 10.1 Å². The van der Waals surface area contributed by atoms with Crippen LogP contribution in [0.25, 0.3) is 0 Å². The number of nitrogens with one attached hydrogen (secondary N) is 1. The van der Waals surface area contributed by atoms with E-state index in [1.165, 1.54) is 7.11 Å². The summed E-state index contributed by atoms with van der Waals surface area (Å²) in [7, 11) is 1.34. The molecule has 0 radical (unpaired) electrons. The van der Waals surface area contributed by atoms with E-state index < -0.39 is 5.97 Å². The van der Waals surface area contributed by atoms with Gasteiger partial charge < -0.3 is 19.7 Å². The lowest BCUT2D eigenvalue weighted by atomic mass is 9.96. The first-order valence-electron chi connectivity index (χ1n) is 9.19. The van der Waals surface area contributed by atoms with Crippen LogP contribution in [0, 0.1) is 6.92 Å². The molecule has 6 nitrogen and oxygen atoms in total. The quantitative estimate of drug-likeness (QED) is 0.647. The number of benzene rings is 1. The maximum Gasteiger partial charge on any atom is 0.341 e. The Morgan fingerprint density at radius 2 is 1.85 bits per heavy atom. The molecular formula is C20H32N2O4. The molecule has 0 saturated carbocycles. The normalized spacial score (nSPS) is 10.9. The van der Waals surface area contributed by atoms with Gasteiger partial charge in [0.2, 0.25) is 0 Å². The van der Waals surface area contributed by atoms with E-state index >= 15 is 0 Å². The Kier molecular flexibility index (Phi) is 9.13. The fourth-order valence-electron chi connectivity index (χ4n) is 2.75. The molecule has 6 heteroatoms. The van der Waals surface area contributed by atoms with Gasteiger partial charge in [0.25, 0.3) is 5.91 Å². The molecule has 0 atom stereocenters. The molecule has 1 amide bonds. The molecule has 0 aromatic heterocycles. The summed E-state index contributed by atoms with van der Waals surface area (Å²) < 4.78 is 10.7. The predicted octanol–water partition coefficient (Wildman–Crippen LogP) is 2.74. The zero-order chi connectivity index (χ0) is 19.7. The molecule has 0 saturated heterocycles. The number of ether oxygens (including phenoxy) is 2. The van der Waals surface area contributed by atoms with E-state index in [4.69, 9.17) is 9.47 Å². The van der Waals surface area contributed by atoms with Gasteiger partial charge in [0.15, 0.2) is 6.61 Å². The Morgan fingerprint density at radius 3 is 2.38 bits per heavy atom. The molecule has 0 unspecified atom stereocenters. The second-order valence-electron chi connectivity index (χ2n) is 6.49. The summed E-state index contributed by atoms with van der Waals surface area (Å²) in [6.45, 7) is 13.2. The van der Waals surface area contributed by atoms with E-state index in [0.717, 1.165) is 30.8 Å². The first-order valence-corrected chi connectivity index (χ1v) is 9.19. The number of carbonyl (C=O) groups excluding carboxylic acids is 2. The first kappa shape index (κ1) is 22.0. The number of hydrogen-bond acceptors (Lipinski definition) is 5. The van der Waals surface area contributed by atoms with Crippen LogP contribution >= 0.6 is 0 Å². The van der Waals surface area contributed by atoms with Gasteiger partial charge in [0, 0.05) is 13.1 Å². The summed E-state index contributed by atoms with van der Waals surface area (Å²) in [4.78, 5) is 26.5. The fraction of sp³-hybridized carbons (Fsp3) is 0.600. The highest BCUT2D eigenvalue weighted by Crippen LogP contribution is 2.33. The summed E-state index contributed by atoms with van der Waals surface area (Å²) in [5.41, 5.74) is 2.03. The molecule has 1 N–H and O–H groups in total. The zero-order valence-electron chi connectivity index (χ0n) is 16.8. The molecule has 1 aromatic rings. The van der Waals surface area contributed by atoms with Crippen molar-refractivity contribution < 1.29 is 19.1 Å². The van der Waals surface area contributed by atoms with Gasteiger partial charge in [0.05, 0.1) is 7.11 Å². The van der Waals surface area contributed by atoms with Crippen LogP contribution in [0.4, 0.5) is 0 Å². The van der Waals surface area contributed by atoms with E-state index in [1.807, 2.05) is 32.9 Å². The first-order chi connectivity index (χ1) is 12.3. The van der Waals surface area contributed by atoms with Crippen LogP contribution in [-0.4, -0.2) is 56.7 Å². The zero-order valence-corrected chi connectivity index (χ0v) is 16.8. The number of amides is 1. The average molecular weight is 364 g/mol. The largest absolute Gasteiger partial charge is 0.483 e. The van der Waals surface area contributed by atoms with Crippen LogP contribution in [0.5, 0.6) is 5.75 Å². The highest BCUT2D eigenvalue weighted by Gasteiger charge is 2.22. The molecule has 1 aromatic carbocycles. The molecule has 0 fully saturated rings. The second kappa shape index (κ2) is 10.8. The Morgan fingerprint density at radius 1 is 1.19 bits per heavy atom. The molecule has 0 bridgehead atoms.